The molecule has 0 spiro atoms. The van der Waals surface area contributed by atoms with E-state index in [1.165, 1.54) is 12.5 Å². The Morgan fingerprint density at radius 2 is 2.04 bits per heavy atom. The van der Waals surface area contributed by atoms with Crippen LogP contribution >= 0.6 is 0 Å². The summed E-state index contributed by atoms with van der Waals surface area (Å²) in [6, 6.07) is 8.60. The van der Waals surface area contributed by atoms with Crippen molar-refractivity contribution in [3.63, 3.8) is 0 Å². The van der Waals surface area contributed by atoms with Crippen molar-refractivity contribution in [1.29, 1.82) is 5.26 Å². The molecule has 5 heteroatoms. The third-order valence-electron chi connectivity index (χ3n) is 3.94. The molecule has 1 aromatic rings. The number of rotatable bonds is 5. The Morgan fingerprint density at radius 1 is 1.29 bits per heavy atom. The van der Waals surface area contributed by atoms with E-state index in [-0.39, 0.29) is 24.1 Å². The molecule has 0 radical (unpaired) electrons. The second-order valence-corrected chi connectivity index (χ2v) is 5.72. The molecule has 0 N–H and O–H groups in total. The van der Waals surface area contributed by atoms with E-state index in [4.69, 9.17) is 14.7 Å². The number of benzene rings is 1. The van der Waals surface area contributed by atoms with E-state index >= 15 is 0 Å². The Bertz CT molecular complexity index is 666. The molecule has 0 aliphatic heterocycles. The molecule has 1 aliphatic rings. The molecular formula is C19H21NO4. The van der Waals surface area contributed by atoms with Gasteiger partial charge in [-0.2, -0.15) is 5.26 Å². The molecule has 0 amide bonds. The van der Waals surface area contributed by atoms with Crippen molar-refractivity contribution < 1.29 is 19.1 Å². The summed E-state index contributed by atoms with van der Waals surface area (Å²) in [5.74, 6) is -0.487. The van der Waals surface area contributed by atoms with Crippen LogP contribution in [0.15, 0.2) is 29.8 Å². The zero-order chi connectivity index (χ0) is 17.4. The SMILES string of the molecule is CCOC(=O)/C(C#N)=C/c1cccc(OC(=O)C2CCCCC2)c1. The highest BCUT2D eigenvalue weighted by atomic mass is 16.5. The highest BCUT2D eigenvalue weighted by Gasteiger charge is 2.23. The Kier molecular flexibility index (Phi) is 6.56. The van der Waals surface area contributed by atoms with E-state index in [2.05, 4.69) is 0 Å². The highest BCUT2D eigenvalue weighted by molar-refractivity contribution is 5.97. The molecule has 2 rings (SSSR count). The topological polar surface area (TPSA) is 76.4 Å². The fraction of sp³-hybridized carbons (Fsp3) is 0.421. The number of esters is 2. The average Bonchev–Trinajstić information content (AvgIpc) is 2.61. The molecular weight excluding hydrogens is 306 g/mol. The van der Waals surface area contributed by atoms with Crippen LogP contribution in [0, 0.1) is 17.2 Å². The van der Waals surface area contributed by atoms with E-state index in [1.54, 1.807) is 31.2 Å². The highest BCUT2D eigenvalue weighted by Crippen LogP contribution is 2.26. The first kappa shape index (κ1) is 17.7. The van der Waals surface area contributed by atoms with Crippen molar-refractivity contribution in [1.82, 2.24) is 0 Å². The molecule has 0 aromatic heterocycles. The first-order chi connectivity index (χ1) is 11.6. The van der Waals surface area contributed by atoms with Crippen molar-refractivity contribution in [3.8, 4) is 11.8 Å². The Balaban J connectivity index is 2.09. The van der Waals surface area contributed by atoms with Gasteiger partial charge < -0.3 is 9.47 Å². The maximum Gasteiger partial charge on any atom is 0.348 e. The van der Waals surface area contributed by atoms with Crippen LogP contribution in [-0.2, 0) is 14.3 Å². The number of nitrogens with zero attached hydrogens (tertiary/aromatic N) is 1. The monoisotopic (exact) mass is 327 g/mol. The van der Waals surface area contributed by atoms with Crippen LogP contribution in [0.5, 0.6) is 5.75 Å². The van der Waals surface area contributed by atoms with Gasteiger partial charge in [-0.15, -0.1) is 0 Å². The number of hydrogen-bond acceptors (Lipinski definition) is 5. The summed E-state index contributed by atoms with van der Waals surface area (Å²) in [6.45, 7) is 1.88. The molecule has 0 bridgehead atoms. The third-order valence-corrected chi connectivity index (χ3v) is 3.94. The number of hydrogen-bond donors (Lipinski definition) is 0. The minimum absolute atomic E-state index is 0.0350. The zero-order valence-corrected chi connectivity index (χ0v) is 13.8. The molecule has 126 valence electrons. The number of carbonyl (C=O) groups excluding carboxylic acids is 2. The van der Waals surface area contributed by atoms with Gasteiger partial charge in [0, 0.05) is 0 Å². The van der Waals surface area contributed by atoms with Crippen molar-refractivity contribution >= 4 is 18.0 Å². The molecule has 1 aliphatic carbocycles. The lowest BCUT2D eigenvalue weighted by Gasteiger charge is -2.19. The largest absolute Gasteiger partial charge is 0.462 e. The molecule has 5 nitrogen and oxygen atoms in total. The van der Waals surface area contributed by atoms with Gasteiger partial charge in [0.15, 0.2) is 0 Å². The minimum Gasteiger partial charge on any atom is -0.462 e. The van der Waals surface area contributed by atoms with Gasteiger partial charge in [-0.05, 0) is 43.5 Å². The average molecular weight is 327 g/mol. The smallest absolute Gasteiger partial charge is 0.348 e. The van der Waals surface area contributed by atoms with Gasteiger partial charge in [-0.3, -0.25) is 4.79 Å². The number of nitriles is 1. The summed E-state index contributed by atoms with van der Waals surface area (Å²) in [6.07, 6.45) is 6.48. The second-order valence-electron chi connectivity index (χ2n) is 5.72. The summed E-state index contributed by atoms with van der Waals surface area (Å²) in [5.41, 5.74) is 0.515. The van der Waals surface area contributed by atoms with E-state index in [0.29, 0.717) is 11.3 Å². The molecule has 0 unspecified atom stereocenters. The zero-order valence-electron chi connectivity index (χ0n) is 13.8. The first-order valence-corrected chi connectivity index (χ1v) is 8.24. The lowest BCUT2D eigenvalue weighted by atomic mass is 9.89. The van der Waals surface area contributed by atoms with Crippen molar-refractivity contribution in [3.05, 3.63) is 35.4 Å². The van der Waals surface area contributed by atoms with Crippen LogP contribution in [0.2, 0.25) is 0 Å². The molecule has 1 aromatic carbocycles. The summed E-state index contributed by atoms with van der Waals surface area (Å²) >= 11 is 0. The van der Waals surface area contributed by atoms with Crippen molar-refractivity contribution in [2.24, 2.45) is 5.92 Å². The van der Waals surface area contributed by atoms with Gasteiger partial charge in [0.25, 0.3) is 0 Å². The molecule has 0 atom stereocenters. The van der Waals surface area contributed by atoms with Gasteiger partial charge in [0.05, 0.1) is 12.5 Å². The molecule has 0 heterocycles. The summed E-state index contributed by atoms with van der Waals surface area (Å²) in [5, 5.41) is 9.06. The number of ether oxygens (including phenoxy) is 2. The minimum atomic E-state index is -0.662. The summed E-state index contributed by atoms with van der Waals surface area (Å²) in [7, 11) is 0. The van der Waals surface area contributed by atoms with Crippen molar-refractivity contribution in [2.45, 2.75) is 39.0 Å². The van der Waals surface area contributed by atoms with Gasteiger partial charge in [-0.1, -0.05) is 31.4 Å². The Hall–Kier alpha value is -2.61. The predicted octanol–water partition coefficient (Wildman–Crippen LogP) is 3.64. The first-order valence-electron chi connectivity index (χ1n) is 8.24. The van der Waals surface area contributed by atoms with Crippen LogP contribution in [0.1, 0.15) is 44.6 Å². The number of carbonyl (C=O) groups is 2. The van der Waals surface area contributed by atoms with Gasteiger partial charge in [0.2, 0.25) is 0 Å². The maximum absolute atomic E-state index is 12.2. The van der Waals surface area contributed by atoms with Crippen LogP contribution < -0.4 is 4.74 Å². The molecule has 24 heavy (non-hydrogen) atoms. The lowest BCUT2D eigenvalue weighted by molar-refractivity contribution is -0.140. The van der Waals surface area contributed by atoms with Crippen LogP contribution in [0.25, 0.3) is 6.08 Å². The lowest BCUT2D eigenvalue weighted by Crippen LogP contribution is -2.22. The normalized spacial score (nSPS) is 15.4. The Morgan fingerprint density at radius 3 is 2.71 bits per heavy atom. The van der Waals surface area contributed by atoms with E-state index in [0.717, 1.165) is 25.7 Å². The standard InChI is InChI=1S/C19H21NO4/c1-2-23-18(21)16(13-20)11-14-7-6-10-17(12-14)24-19(22)15-8-4-3-5-9-15/h6-7,10-12,15H,2-5,8-9H2,1H3/b16-11+. The third kappa shape index (κ3) is 4.95. The van der Waals surface area contributed by atoms with E-state index < -0.39 is 5.97 Å². The fourth-order valence-corrected chi connectivity index (χ4v) is 2.72. The van der Waals surface area contributed by atoms with Crippen LogP contribution in [0.3, 0.4) is 0 Å². The van der Waals surface area contributed by atoms with Crippen LogP contribution in [-0.4, -0.2) is 18.5 Å². The van der Waals surface area contributed by atoms with Gasteiger partial charge in [-0.25, -0.2) is 4.79 Å². The van der Waals surface area contributed by atoms with Crippen molar-refractivity contribution in [2.75, 3.05) is 6.61 Å². The van der Waals surface area contributed by atoms with E-state index in [9.17, 15) is 9.59 Å². The van der Waals surface area contributed by atoms with Gasteiger partial charge >= 0.3 is 11.9 Å². The van der Waals surface area contributed by atoms with E-state index in [1.807, 2.05) is 6.07 Å². The molecule has 1 saturated carbocycles. The molecule has 1 fully saturated rings. The Labute approximate surface area is 141 Å². The van der Waals surface area contributed by atoms with Gasteiger partial charge in [0.1, 0.15) is 17.4 Å². The summed E-state index contributed by atoms with van der Waals surface area (Å²) in [4.78, 5) is 23.8. The molecule has 0 saturated heterocycles. The predicted molar refractivity (Wildman–Crippen MR) is 88.9 cm³/mol. The quantitative estimate of drug-likeness (QED) is 0.357. The maximum atomic E-state index is 12.2. The fourth-order valence-electron chi connectivity index (χ4n) is 2.72. The summed E-state index contributed by atoms with van der Waals surface area (Å²) < 4.78 is 10.3. The van der Waals surface area contributed by atoms with Crippen LogP contribution in [0.4, 0.5) is 0 Å². The second kappa shape index (κ2) is 8.88.